The van der Waals surface area contributed by atoms with Crippen molar-refractivity contribution in [1.82, 2.24) is 10.6 Å². The Bertz CT molecular complexity index is 429. The van der Waals surface area contributed by atoms with Crippen LogP contribution < -0.4 is 10.6 Å². The fourth-order valence-electron chi connectivity index (χ4n) is 1.78. The molecule has 1 fully saturated rings. The van der Waals surface area contributed by atoms with E-state index in [9.17, 15) is 0 Å². The van der Waals surface area contributed by atoms with Crippen LogP contribution in [-0.2, 0) is 11.3 Å². The Kier molecular flexibility index (Phi) is 6.15. The molecule has 0 bridgehead atoms. The third kappa shape index (κ3) is 5.80. The Morgan fingerprint density at radius 1 is 1.30 bits per heavy atom. The minimum atomic E-state index is 0.720. The first-order valence-electron chi connectivity index (χ1n) is 7.04. The van der Waals surface area contributed by atoms with Crippen LogP contribution in [0.25, 0.3) is 0 Å². The molecule has 0 heterocycles. The lowest BCUT2D eigenvalue weighted by atomic mass is 10.2. The molecule has 4 nitrogen and oxygen atoms in total. The quantitative estimate of drug-likeness (QED) is 0.461. The van der Waals surface area contributed by atoms with Gasteiger partial charge in [0.05, 0.1) is 6.61 Å². The largest absolute Gasteiger partial charge is 0.379 e. The van der Waals surface area contributed by atoms with E-state index in [-0.39, 0.29) is 0 Å². The second-order valence-electron chi connectivity index (χ2n) is 5.00. The second kappa shape index (κ2) is 8.12. The van der Waals surface area contributed by atoms with Crippen LogP contribution in [0.3, 0.4) is 0 Å². The molecule has 0 saturated heterocycles. The molecule has 0 unspecified atom stereocenters. The summed E-state index contributed by atoms with van der Waals surface area (Å²) in [5.74, 6) is 1.60. The smallest absolute Gasteiger partial charge is 0.191 e. The van der Waals surface area contributed by atoms with Crippen molar-refractivity contribution in [3.63, 3.8) is 0 Å². The molecule has 5 heteroatoms. The molecule has 0 radical (unpaired) electrons. The van der Waals surface area contributed by atoms with Gasteiger partial charge in [0, 0.05) is 31.8 Å². The molecule has 1 aromatic carbocycles. The van der Waals surface area contributed by atoms with Gasteiger partial charge in [0.2, 0.25) is 0 Å². The van der Waals surface area contributed by atoms with Gasteiger partial charge in [0.25, 0.3) is 0 Å². The van der Waals surface area contributed by atoms with Crippen molar-refractivity contribution in [2.45, 2.75) is 19.4 Å². The van der Waals surface area contributed by atoms with Crippen molar-refractivity contribution in [2.24, 2.45) is 10.9 Å². The van der Waals surface area contributed by atoms with E-state index in [1.165, 1.54) is 18.4 Å². The normalized spacial score (nSPS) is 15.2. The van der Waals surface area contributed by atoms with Crippen molar-refractivity contribution in [1.29, 1.82) is 0 Å². The van der Waals surface area contributed by atoms with Crippen LogP contribution in [0.1, 0.15) is 18.4 Å². The molecular weight excluding hydrogens is 274 g/mol. The van der Waals surface area contributed by atoms with Crippen LogP contribution >= 0.6 is 11.6 Å². The zero-order valence-corrected chi connectivity index (χ0v) is 12.6. The van der Waals surface area contributed by atoms with Gasteiger partial charge in [-0.2, -0.15) is 0 Å². The number of aliphatic imine (C=N–C) groups is 1. The highest BCUT2D eigenvalue weighted by Gasteiger charge is 2.20. The Morgan fingerprint density at radius 3 is 2.70 bits per heavy atom. The summed E-state index contributed by atoms with van der Waals surface area (Å²) in [5.41, 5.74) is 1.17. The van der Waals surface area contributed by atoms with Crippen LogP contribution in [0.15, 0.2) is 29.3 Å². The van der Waals surface area contributed by atoms with E-state index in [1.807, 2.05) is 24.3 Å². The van der Waals surface area contributed by atoms with E-state index >= 15 is 0 Å². The molecule has 20 heavy (non-hydrogen) atoms. The Labute approximate surface area is 125 Å². The summed E-state index contributed by atoms with van der Waals surface area (Å²) in [6.07, 6.45) is 2.66. The van der Waals surface area contributed by atoms with Crippen LogP contribution in [0.5, 0.6) is 0 Å². The Balaban J connectivity index is 1.60. The molecule has 110 valence electrons. The molecule has 0 spiro atoms. The lowest BCUT2D eigenvalue weighted by Gasteiger charge is -2.12. The lowest BCUT2D eigenvalue weighted by molar-refractivity contribution is 0.129. The van der Waals surface area contributed by atoms with Crippen LogP contribution in [0.2, 0.25) is 5.02 Å². The van der Waals surface area contributed by atoms with Crippen LogP contribution in [0.4, 0.5) is 0 Å². The number of hydrogen-bond acceptors (Lipinski definition) is 2. The number of nitrogens with zero attached hydrogens (tertiary/aromatic N) is 1. The average molecular weight is 296 g/mol. The number of guanidine groups is 1. The van der Waals surface area contributed by atoms with Gasteiger partial charge in [0.15, 0.2) is 5.96 Å². The molecule has 1 aliphatic rings. The number of benzene rings is 1. The second-order valence-corrected chi connectivity index (χ2v) is 5.43. The maximum atomic E-state index is 5.86. The summed E-state index contributed by atoms with van der Waals surface area (Å²) in [5, 5.41) is 7.24. The minimum absolute atomic E-state index is 0.720. The fraction of sp³-hybridized carbons (Fsp3) is 0.533. The number of halogens is 1. The summed E-state index contributed by atoms with van der Waals surface area (Å²) in [7, 11) is 1.77. The molecule has 1 aromatic rings. The predicted octanol–water partition coefficient (Wildman–Crippen LogP) is 2.43. The zero-order chi connectivity index (χ0) is 14.2. The minimum Gasteiger partial charge on any atom is -0.379 e. The number of ether oxygens (including phenoxy) is 1. The summed E-state index contributed by atoms with van der Waals surface area (Å²) in [6, 6.07) is 7.78. The van der Waals surface area contributed by atoms with Crippen molar-refractivity contribution >= 4 is 17.6 Å². The number of nitrogens with one attached hydrogen (secondary N) is 2. The van der Waals surface area contributed by atoms with Gasteiger partial charge in [-0.05, 0) is 36.5 Å². The molecule has 2 rings (SSSR count). The predicted molar refractivity (Wildman–Crippen MR) is 83.2 cm³/mol. The van der Waals surface area contributed by atoms with Crippen LogP contribution in [-0.4, -0.2) is 32.8 Å². The standard InChI is InChI=1S/C15H22ClN3O/c1-17-15(18-8-9-20-11-13-2-3-13)19-10-12-4-6-14(16)7-5-12/h4-7,13H,2-3,8-11H2,1H3,(H2,17,18,19). The number of rotatable bonds is 7. The number of hydrogen-bond donors (Lipinski definition) is 2. The van der Waals surface area contributed by atoms with Crippen molar-refractivity contribution in [2.75, 3.05) is 26.8 Å². The fourth-order valence-corrected chi connectivity index (χ4v) is 1.91. The third-order valence-corrected chi connectivity index (χ3v) is 3.44. The highest BCUT2D eigenvalue weighted by molar-refractivity contribution is 6.30. The van der Waals surface area contributed by atoms with Gasteiger partial charge < -0.3 is 15.4 Å². The Morgan fingerprint density at radius 2 is 2.05 bits per heavy atom. The lowest BCUT2D eigenvalue weighted by Crippen LogP contribution is -2.38. The molecular formula is C15H22ClN3O. The zero-order valence-electron chi connectivity index (χ0n) is 11.9. The van der Waals surface area contributed by atoms with Crippen molar-refractivity contribution in [3.8, 4) is 0 Å². The van der Waals surface area contributed by atoms with Gasteiger partial charge in [-0.15, -0.1) is 0 Å². The van der Waals surface area contributed by atoms with Crippen molar-refractivity contribution < 1.29 is 4.74 Å². The van der Waals surface area contributed by atoms with Gasteiger partial charge in [-0.1, -0.05) is 23.7 Å². The van der Waals surface area contributed by atoms with E-state index in [0.29, 0.717) is 0 Å². The Hall–Kier alpha value is -1.26. The molecule has 2 N–H and O–H groups in total. The maximum absolute atomic E-state index is 5.86. The monoisotopic (exact) mass is 295 g/mol. The third-order valence-electron chi connectivity index (χ3n) is 3.19. The highest BCUT2D eigenvalue weighted by Crippen LogP contribution is 2.28. The molecule has 0 atom stereocenters. The van der Waals surface area contributed by atoms with E-state index in [4.69, 9.17) is 16.3 Å². The van der Waals surface area contributed by atoms with Crippen LogP contribution in [0, 0.1) is 5.92 Å². The molecule has 0 aromatic heterocycles. The first kappa shape index (κ1) is 15.1. The van der Waals surface area contributed by atoms with E-state index in [0.717, 1.165) is 43.2 Å². The van der Waals surface area contributed by atoms with E-state index < -0.39 is 0 Å². The summed E-state index contributed by atoms with van der Waals surface area (Å²) in [6.45, 7) is 3.11. The summed E-state index contributed by atoms with van der Waals surface area (Å²) < 4.78 is 5.57. The highest BCUT2D eigenvalue weighted by atomic mass is 35.5. The molecule has 0 aliphatic heterocycles. The van der Waals surface area contributed by atoms with Gasteiger partial charge in [-0.25, -0.2) is 0 Å². The molecule has 0 amide bonds. The van der Waals surface area contributed by atoms with Gasteiger partial charge in [-0.3, -0.25) is 4.99 Å². The SMILES string of the molecule is CN=C(NCCOCC1CC1)NCc1ccc(Cl)cc1. The van der Waals surface area contributed by atoms with E-state index in [2.05, 4.69) is 15.6 Å². The van der Waals surface area contributed by atoms with Gasteiger partial charge >= 0.3 is 0 Å². The van der Waals surface area contributed by atoms with Gasteiger partial charge in [0.1, 0.15) is 0 Å². The summed E-state index contributed by atoms with van der Waals surface area (Å²) >= 11 is 5.86. The van der Waals surface area contributed by atoms with Crippen molar-refractivity contribution in [3.05, 3.63) is 34.9 Å². The molecule has 1 saturated carbocycles. The maximum Gasteiger partial charge on any atom is 0.191 e. The first-order chi connectivity index (χ1) is 9.78. The molecule has 1 aliphatic carbocycles. The van der Waals surface area contributed by atoms with E-state index in [1.54, 1.807) is 7.05 Å². The topological polar surface area (TPSA) is 45.7 Å². The first-order valence-corrected chi connectivity index (χ1v) is 7.42. The summed E-state index contributed by atoms with van der Waals surface area (Å²) in [4.78, 5) is 4.18. The average Bonchev–Trinajstić information content (AvgIpc) is 3.28.